The Morgan fingerprint density at radius 2 is 1.86 bits per heavy atom. The quantitative estimate of drug-likeness (QED) is 0.120. The maximum atomic E-state index is 12.5. The summed E-state index contributed by atoms with van der Waals surface area (Å²) in [7, 11) is 0. The lowest BCUT2D eigenvalue weighted by Gasteiger charge is -2.15. The number of aliphatic imine (C=N–C) groups is 1. The highest BCUT2D eigenvalue weighted by molar-refractivity contribution is 9.10. The molecule has 0 spiro atoms. The zero-order chi connectivity index (χ0) is 25.8. The molecule has 1 aliphatic rings. The van der Waals surface area contributed by atoms with Crippen molar-refractivity contribution in [2.24, 2.45) is 4.99 Å². The zero-order valence-corrected chi connectivity index (χ0v) is 22.5. The molecule has 1 heterocycles. The van der Waals surface area contributed by atoms with Crippen LogP contribution in [0.25, 0.3) is 6.08 Å². The molecule has 36 heavy (non-hydrogen) atoms. The molecule has 0 aromatic heterocycles. The van der Waals surface area contributed by atoms with E-state index in [-0.39, 0.29) is 17.3 Å². The summed E-state index contributed by atoms with van der Waals surface area (Å²) in [6.07, 6.45) is 1.56. The summed E-state index contributed by atoms with van der Waals surface area (Å²) in [6.45, 7) is 4.18. The largest absolute Gasteiger partial charge is 0.490 e. The van der Waals surface area contributed by atoms with Crippen molar-refractivity contribution in [2.75, 3.05) is 6.61 Å². The number of halogens is 2. The number of cyclic esters (lactones) is 1. The first kappa shape index (κ1) is 25.6. The first-order chi connectivity index (χ1) is 17.3. The van der Waals surface area contributed by atoms with Crippen LogP contribution in [0.1, 0.15) is 29.2 Å². The molecule has 0 amide bonds. The number of benzene rings is 3. The van der Waals surface area contributed by atoms with Gasteiger partial charge in [-0.25, -0.2) is 9.79 Å². The summed E-state index contributed by atoms with van der Waals surface area (Å²) < 4.78 is 18.8. The van der Waals surface area contributed by atoms with E-state index in [1.807, 2.05) is 31.2 Å². The zero-order valence-electron chi connectivity index (χ0n) is 19.3. The molecular weight excluding hydrogens is 596 g/mol. The maximum Gasteiger partial charge on any atom is 0.363 e. The van der Waals surface area contributed by atoms with Crippen LogP contribution in [0.15, 0.2) is 74.2 Å². The van der Waals surface area contributed by atoms with Crippen LogP contribution >= 0.6 is 31.9 Å². The lowest BCUT2D eigenvalue weighted by molar-refractivity contribution is -0.385. The predicted molar refractivity (Wildman–Crippen MR) is 142 cm³/mol. The third kappa shape index (κ3) is 5.50. The van der Waals surface area contributed by atoms with Crippen LogP contribution in [-0.4, -0.2) is 23.4 Å². The minimum absolute atomic E-state index is 0.0185. The molecule has 0 saturated carbocycles. The van der Waals surface area contributed by atoms with Crippen LogP contribution < -0.4 is 9.47 Å². The van der Waals surface area contributed by atoms with Crippen LogP contribution in [0.3, 0.4) is 0 Å². The average molecular weight is 616 g/mol. The monoisotopic (exact) mass is 614 g/mol. The van der Waals surface area contributed by atoms with E-state index in [4.69, 9.17) is 14.2 Å². The van der Waals surface area contributed by atoms with Crippen molar-refractivity contribution in [3.63, 3.8) is 0 Å². The molecular formula is C26H20Br2N2O6. The van der Waals surface area contributed by atoms with Crippen molar-refractivity contribution in [2.45, 2.75) is 20.5 Å². The van der Waals surface area contributed by atoms with Gasteiger partial charge in [-0.1, -0.05) is 40.2 Å². The summed E-state index contributed by atoms with van der Waals surface area (Å²) in [5.74, 6) is 0.389. The van der Waals surface area contributed by atoms with Crippen molar-refractivity contribution in [3.05, 3.63) is 102 Å². The smallest absolute Gasteiger partial charge is 0.363 e. The van der Waals surface area contributed by atoms with Gasteiger partial charge in [-0.2, -0.15) is 0 Å². The minimum Gasteiger partial charge on any atom is -0.490 e. The standard InChI is InChI=1S/C26H20Br2N2O6/c1-3-34-23-13-16(11-20(28)24(23)35-14-17-7-4-5-9-19(17)27)12-21-26(31)36-25(29-21)18-8-6-10-22(15(18)2)30(32)33/h4-13H,3,14H2,1-2H3/b21-12-. The van der Waals surface area contributed by atoms with E-state index in [2.05, 4.69) is 36.9 Å². The highest BCUT2D eigenvalue weighted by Gasteiger charge is 2.27. The highest BCUT2D eigenvalue weighted by Crippen LogP contribution is 2.39. The van der Waals surface area contributed by atoms with Gasteiger partial charge in [0.2, 0.25) is 5.90 Å². The number of rotatable bonds is 8. The molecule has 0 radical (unpaired) electrons. The Bertz CT molecular complexity index is 1420. The molecule has 0 bridgehead atoms. The Kier molecular flexibility index (Phi) is 7.85. The minimum atomic E-state index is -0.653. The van der Waals surface area contributed by atoms with Crippen LogP contribution in [0.5, 0.6) is 11.5 Å². The van der Waals surface area contributed by atoms with Gasteiger partial charge in [-0.3, -0.25) is 10.1 Å². The first-order valence-corrected chi connectivity index (χ1v) is 12.5. The van der Waals surface area contributed by atoms with Gasteiger partial charge in [-0.15, -0.1) is 0 Å². The lowest BCUT2D eigenvalue weighted by atomic mass is 10.1. The Morgan fingerprint density at radius 3 is 2.58 bits per heavy atom. The van der Waals surface area contributed by atoms with E-state index in [0.717, 1.165) is 10.0 Å². The van der Waals surface area contributed by atoms with Gasteiger partial charge >= 0.3 is 5.97 Å². The second-order valence-electron chi connectivity index (χ2n) is 7.69. The number of nitrogens with zero attached hydrogens (tertiary/aromatic N) is 2. The van der Waals surface area contributed by atoms with Crippen molar-refractivity contribution < 1.29 is 23.9 Å². The van der Waals surface area contributed by atoms with Crippen molar-refractivity contribution in [1.82, 2.24) is 0 Å². The number of nitro benzene ring substituents is 1. The van der Waals surface area contributed by atoms with Crippen LogP contribution in [0.2, 0.25) is 0 Å². The van der Waals surface area contributed by atoms with Crippen LogP contribution in [0.4, 0.5) is 5.69 Å². The Morgan fingerprint density at radius 1 is 1.08 bits per heavy atom. The normalized spacial score (nSPS) is 13.9. The van der Waals surface area contributed by atoms with Gasteiger partial charge in [0.05, 0.1) is 16.0 Å². The molecule has 4 rings (SSSR count). The van der Waals surface area contributed by atoms with E-state index < -0.39 is 10.9 Å². The molecule has 3 aromatic rings. The molecule has 1 aliphatic heterocycles. The molecule has 0 fully saturated rings. The Labute approximate surface area is 224 Å². The molecule has 0 aliphatic carbocycles. The van der Waals surface area contributed by atoms with E-state index in [0.29, 0.717) is 45.9 Å². The number of carbonyl (C=O) groups is 1. The van der Waals surface area contributed by atoms with Gasteiger partial charge in [0.1, 0.15) is 6.61 Å². The number of hydrogen-bond acceptors (Lipinski definition) is 7. The van der Waals surface area contributed by atoms with Gasteiger partial charge in [0.25, 0.3) is 5.69 Å². The number of esters is 1. The van der Waals surface area contributed by atoms with Gasteiger partial charge in [-0.05, 0) is 65.7 Å². The van der Waals surface area contributed by atoms with Crippen molar-refractivity contribution >= 4 is 55.5 Å². The molecule has 3 aromatic carbocycles. The molecule has 8 nitrogen and oxygen atoms in total. The van der Waals surface area contributed by atoms with E-state index in [9.17, 15) is 14.9 Å². The fourth-order valence-corrected chi connectivity index (χ4v) is 4.55. The summed E-state index contributed by atoms with van der Waals surface area (Å²) in [5.41, 5.74) is 2.34. The highest BCUT2D eigenvalue weighted by atomic mass is 79.9. The number of nitro groups is 1. The van der Waals surface area contributed by atoms with Crippen LogP contribution in [-0.2, 0) is 16.1 Å². The first-order valence-electron chi connectivity index (χ1n) is 10.9. The van der Waals surface area contributed by atoms with Gasteiger partial charge in [0.15, 0.2) is 17.2 Å². The van der Waals surface area contributed by atoms with Crippen LogP contribution in [0, 0.1) is 17.0 Å². The number of hydrogen-bond donors (Lipinski definition) is 0. The second kappa shape index (κ2) is 11.0. The molecule has 184 valence electrons. The van der Waals surface area contributed by atoms with E-state index in [1.54, 1.807) is 31.2 Å². The average Bonchev–Trinajstić information content (AvgIpc) is 3.19. The fraction of sp³-hybridized carbons (Fsp3) is 0.154. The number of carbonyl (C=O) groups excluding carboxylic acids is 1. The topological polar surface area (TPSA) is 100 Å². The summed E-state index contributed by atoms with van der Waals surface area (Å²) in [6, 6.07) is 15.8. The lowest BCUT2D eigenvalue weighted by Crippen LogP contribution is -2.08. The van der Waals surface area contributed by atoms with Gasteiger partial charge in [0, 0.05) is 27.2 Å². The predicted octanol–water partition coefficient (Wildman–Crippen LogP) is 6.75. The summed E-state index contributed by atoms with van der Waals surface area (Å²) >= 11 is 7.06. The maximum absolute atomic E-state index is 12.5. The Hall–Kier alpha value is -3.50. The fourth-order valence-electron chi connectivity index (χ4n) is 3.57. The molecule has 0 N–H and O–H groups in total. The molecule has 10 heteroatoms. The molecule has 0 atom stereocenters. The summed E-state index contributed by atoms with van der Waals surface area (Å²) in [5, 5.41) is 11.3. The molecule has 0 saturated heterocycles. The summed E-state index contributed by atoms with van der Waals surface area (Å²) in [4.78, 5) is 27.6. The van der Waals surface area contributed by atoms with Crippen molar-refractivity contribution in [3.8, 4) is 11.5 Å². The van der Waals surface area contributed by atoms with Crippen molar-refractivity contribution in [1.29, 1.82) is 0 Å². The number of ether oxygens (including phenoxy) is 3. The SMILES string of the molecule is CCOc1cc(/C=C2\N=C(c3cccc([N+](=O)[O-])c3C)OC2=O)cc(Br)c1OCc1ccccc1Br. The molecule has 0 unspecified atom stereocenters. The third-order valence-corrected chi connectivity index (χ3v) is 6.68. The van der Waals surface area contributed by atoms with Gasteiger partial charge < -0.3 is 14.2 Å². The third-order valence-electron chi connectivity index (χ3n) is 5.32. The van der Waals surface area contributed by atoms with E-state index in [1.165, 1.54) is 12.1 Å². The second-order valence-corrected chi connectivity index (χ2v) is 9.39. The Balaban J connectivity index is 1.65. The van der Waals surface area contributed by atoms with E-state index >= 15 is 0 Å².